The molecule has 0 spiro atoms. The van der Waals surface area contributed by atoms with Crippen molar-refractivity contribution in [2.24, 2.45) is 10.8 Å². The van der Waals surface area contributed by atoms with Crippen LogP contribution in [0.1, 0.15) is 51.2 Å². The fourth-order valence-corrected chi connectivity index (χ4v) is 5.72. The number of amides is 1. The van der Waals surface area contributed by atoms with Gasteiger partial charge < -0.3 is 19.5 Å². The molecule has 1 aromatic carbocycles. The first-order valence-corrected chi connectivity index (χ1v) is 9.76. The summed E-state index contributed by atoms with van der Waals surface area (Å²) in [7, 11) is 0. The second-order valence-corrected chi connectivity index (χ2v) is 9.74. The molecule has 150 valence electrons. The monoisotopic (exact) mass is 385 g/mol. The predicted octanol–water partition coefficient (Wildman–Crippen LogP) is 3.48. The summed E-state index contributed by atoms with van der Waals surface area (Å²) in [6.45, 7) is 9.17. The summed E-state index contributed by atoms with van der Waals surface area (Å²) in [6.07, 6.45) is 3.03. The molecule has 6 heteroatoms. The number of phenols is 2. The van der Waals surface area contributed by atoms with Crippen molar-refractivity contribution in [3.05, 3.63) is 33.7 Å². The van der Waals surface area contributed by atoms with Crippen molar-refractivity contribution in [3.8, 4) is 11.5 Å². The molecule has 28 heavy (non-hydrogen) atoms. The van der Waals surface area contributed by atoms with Gasteiger partial charge in [-0.3, -0.25) is 4.79 Å². The largest absolute Gasteiger partial charge is 0.508 e. The number of hydrogen-bond donors (Lipinski definition) is 2. The normalized spacial score (nSPS) is 26.0. The topological polar surface area (TPSA) is 91.0 Å². The number of benzene rings is 1. The third-order valence-corrected chi connectivity index (χ3v) is 6.41. The van der Waals surface area contributed by atoms with Gasteiger partial charge in [0.15, 0.2) is 0 Å². The van der Waals surface area contributed by atoms with Crippen LogP contribution in [0.3, 0.4) is 0 Å². The van der Waals surface area contributed by atoms with Crippen LogP contribution >= 0.6 is 0 Å². The Morgan fingerprint density at radius 1 is 1.25 bits per heavy atom. The van der Waals surface area contributed by atoms with Gasteiger partial charge >= 0.3 is 5.63 Å². The van der Waals surface area contributed by atoms with E-state index < -0.39 is 5.63 Å². The Kier molecular flexibility index (Phi) is 4.04. The van der Waals surface area contributed by atoms with Crippen molar-refractivity contribution in [2.45, 2.75) is 59.4 Å². The van der Waals surface area contributed by atoms with Crippen LogP contribution < -0.4 is 5.63 Å². The second-order valence-electron chi connectivity index (χ2n) is 9.74. The Labute approximate surface area is 163 Å². The number of hydrogen-bond acceptors (Lipinski definition) is 5. The van der Waals surface area contributed by atoms with Crippen molar-refractivity contribution in [1.29, 1.82) is 0 Å². The van der Waals surface area contributed by atoms with Gasteiger partial charge in [-0.15, -0.1) is 0 Å². The van der Waals surface area contributed by atoms with Crippen LogP contribution in [0.15, 0.2) is 21.3 Å². The number of aromatic hydroxyl groups is 2. The van der Waals surface area contributed by atoms with Crippen LogP contribution in [0.5, 0.6) is 11.5 Å². The maximum atomic E-state index is 13.1. The molecule has 1 aromatic heterocycles. The van der Waals surface area contributed by atoms with Crippen molar-refractivity contribution in [1.82, 2.24) is 4.90 Å². The third-order valence-electron chi connectivity index (χ3n) is 6.41. The minimum atomic E-state index is -0.600. The highest BCUT2D eigenvalue weighted by Gasteiger charge is 2.50. The van der Waals surface area contributed by atoms with Gasteiger partial charge in [0.05, 0.1) is 17.4 Å². The molecule has 1 saturated heterocycles. The fourth-order valence-electron chi connectivity index (χ4n) is 5.72. The first-order chi connectivity index (χ1) is 13.0. The van der Waals surface area contributed by atoms with Gasteiger partial charge in [0.1, 0.15) is 17.1 Å². The molecule has 2 atom stereocenters. The lowest BCUT2D eigenvalue weighted by Gasteiger charge is -2.39. The molecular formula is C22H27NO5. The molecule has 1 saturated carbocycles. The average Bonchev–Trinajstić information content (AvgIpc) is 2.79. The van der Waals surface area contributed by atoms with Crippen molar-refractivity contribution in [3.63, 3.8) is 0 Å². The zero-order chi connectivity index (χ0) is 20.4. The highest BCUT2D eigenvalue weighted by Crippen LogP contribution is 2.52. The quantitative estimate of drug-likeness (QED) is 0.773. The summed E-state index contributed by atoms with van der Waals surface area (Å²) in [6, 6.07) is 2.70. The van der Waals surface area contributed by atoms with Crippen molar-refractivity contribution in [2.75, 3.05) is 6.54 Å². The van der Waals surface area contributed by atoms with E-state index in [0.717, 1.165) is 25.8 Å². The maximum absolute atomic E-state index is 13.1. The molecule has 2 unspecified atom stereocenters. The number of phenolic OH excluding ortho intramolecular Hbond substituents is 2. The molecule has 2 aliphatic rings. The molecule has 2 N–H and O–H groups in total. The summed E-state index contributed by atoms with van der Waals surface area (Å²) in [4.78, 5) is 27.6. The summed E-state index contributed by atoms with van der Waals surface area (Å²) < 4.78 is 5.29. The van der Waals surface area contributed by atoms with E-state index in [2.05, 4.69) is 20.8 Å². The van der Waals surface area contributed by atoms with Crippen molar-refractivity contribution < 1.29 is 19.4 Å². The zero-order valence-electron chi connectivity index (χ0n) is 16.8. The number of rotatable bonds is 2. The molecule has 1 aliphatic heterocycles. The lowest BCUT2D eigenvalue weighted by atomic mass is 9.65. The maximum Gasteiger partial charge on any atom is 0.340 e. The van der Waals surface area contributed by atoms with Gasteiger partial charge in [0, 0.05) is 24.7 Å². The molecule has 6 nitrogen and oxygen atoms in total. The minimum absolute atomic E-state index is 0.0442. The third kappa shape index (κ3) is 3.05. The number of carbonyl (C=O) groups is 1. The second kappa shape index (κ2) is 6.00. The number of fused-ring (bicyclic) bond motifs is 3. The van der Waals surface area contributed by atoms with Gasteiger partial charge in [-0.1, -0.05) is 20.8 Å². The Hall–Kier alpha value is -2.50. The summed E-state index contributed by atoms with van der Waals surface area (Å²) in [5.74, 6) is -0.424. The fraction of sp³-hybridized carbons (Fsp3) is 0.545. The molecular weight excluding hydrogens is 358 g/mol. The van der Waals surface area contributed by atoms with Gasteiger partial charge in [-0.2, -0.15) is 0 Å². The van der Waals surface area contributed by atoms with Crippen LogP contribution in [-0.2, 0) is 11.2 Å². The minimum Gasteiger partial charge on any atom is -0.508 e. The van der Waals surface area contributed by atoms with Gasteiger partial charge in [-0.25, -0.2) is 4.79 Å². The molecule has 0 radical (unpaired) electrons. The lowest BCUT2D eigenvalue weighted by molar-refractivity contribution is -0.131. The molecule has 1 aliphatic carbocycles. The molecule has 2 aromatic rings. The van der Waals surface area contributed by atoms with E-state index in [1.165, 1.54) is 12.1 Å². The molecule has 2 bridgehead atoms. The van der Waals surface area contributed by atoms with Crippen LogP contribution in [0.25, 0.3) is 11.0 Å². The van der Waals surface area contributed by atoms with Crippen LogP contribution in [-0.4, -0.2) is 33.6 Å². The summed E-state index contributed by atoms with van der Waals surface area (Å²) >= 11 is 0. The molecule has 2 fully saturated rings. The molecule has 2 heterocycles. The van der Waals surface area contributed by atoms with Gasteiger partial charge in [-0.05, 0) is 42.6 Å². The summed E-state index contributed by atoms with van der Waals surface area (Å²) in [5, 5.41) is 20.2. The molecule has 4 rings (SSSR count). The standard InChI is InChI=1S/C22H27NO5/c1-12-15(20(27)28-17-6-14(24)5-16(25)19(12)17)7-18(26)23-11-22(4)9-13(23)8-21(2,3)10-22/h5-6,13,24-25H,7-11H2,1-4H3. The van der Waals surface area contributed by atoms with E-state index in [9.17, 15) is 19.8 Å². The summed E-state index contributed by atoms with van der Waals surface area (Å²) in [5.41, 5.74) is 0.633. The van der Waals surface area contributed by atoms with E-state index in [1.807, 2.05) is 4.90 Å². The predicted molar refractivity (Wildman–Crippen MR) is 105 cm³/mol. The van der Waals surface area contributed by atoms with Crippen LogP contribution in [0, 0.1) is 17.8 Å². The highest BCUT2D eigenvalue weighted by molar-refractivity contribution is 5.90. The lowest BCUT2D eigenvalue weighted by Crippen LogP contribution is -2.39. The van der Waals surface area contributed by atoms with E-state index in [4.69, 9.17) is 4.42 Å². The average molecular weight is 385 g/mol. The Morgan fingerprint density at radius 3 is 2.68 bits per heavy atom. The smallest absolute Gasteiger partial charge is 0.340 e. The number of nitrogens with zero attached hydrogens (tertiary/aromatic N) is 1. The Bertz CT molecular complexity index is 1040. The Balaban J connectivity index is 1.67. The van der Waals surface area contributed by atoms with E-state index in [-0.39, 0.29) is 51.8 Å². The SMILES string of the molecule is Cc1c(CC(=O)N2CC3(C)CC2CC(C)(C)C3)c(=O)oc2cc(O)cc(O)c12. The van der Waals surface area contributed by atoms with E-state index in [0.29, 0.717) is 10.9 Å². The first kappa shape index (κ1) is 18.8. The molecule has 1 amide bonds. The van der Waals surface area contributed by atoms with Crippen LogP contribution in [0.2, 0.25) is 0 Å². The van der Waals surface area contributed by atoms with E-state index in [1.54, 1.807) is 6.92 Å². The zero-order valence-corrected chi connectivity index (χ0v) is 16.8. The number of likely N-dealkylation sites (tertiary alicyclic amines) is 1. The first-order valence-electron chi connectivity index (χ1n) is 9.76. The highest BCUT2D eigenvalue weighted by atomic mass is 16.4. The Morgan fingerprint density at radius 2 is 1.96 bits per heavy atom. The van der Waals surface area contributed by atoms with Gasteiger partial charge in [0.2, 0.25) is 5.91 Å². The number of aryl methyl sites for hydroxylation is 1. The number of carbonyl (C=O) groups excluding carboxylic acids is 1. The van der Waals surface area contributed by atoms with Crippen LogP contribution in [0.4, 0.5) is 0 Å². The van der Waals surface area contributed by atoms with Gasteiger partial charge in [0.25, 0.3) is 0 Å². The van der Waals surface area contributed by atoms with E-state index >= 15 is 0 Å². The van der Waals surface area contributed by atoms with Crippen molar-refractivity contribution >= 4 is 16.9 Å².